The summed E-state index contributed by atoms with van der Waals surface area (Å²) in [6, 6.07) is 11.1. The molecule has 2 aromatic rings. The van der Waals surface area contributed by atoms with Crippen molar-refractivity contribution in [2.24, 2.45) is 0 Å². The van der Waals surface area contributed by atoms with Gasteiger partial charge in [-0.25, -0.2) is 8.78 Å². The summed E-state index contributed by atoms with van der Waals surface area (Å²) in [4.78, 5) is 0. The second-order valence-electron chi connectivity index (χ2n) is 4.39. The van der Waals surface area contributed by atoms with Crippen molar-refractivity contribution in [2.75, 3.05) is 0 Å². The third-order valence-corrected chi connectivity index (χ3v) is 3.20. The first-order valence-corrected chi connectivity index (χ1v) is 6.37. The quantitative estimate of drug-likeness (QED) is 0.872. The normalized spacial score (nSPS) is 12.4. The van der Waals surface area contributed by atoms with Crippen LogP contribution in [0.15, 0.2) is 42.5 Å². The third-order valence-electron chi connectivity index (χ3n) is 2.96. The van der Waals surface area contributed by atoms with E-state index in [9.17, 15) is 8.78 Å². The fourth-order valence-electron chi connectivity index (χ4n) is 1.82. The lowest BCUT2D eigenvalue weighted by Crippen LogP contribution is -2.18. The van der Waals surface area contributed by atoms with Crippen LogP contribution in [0.25, 0.3) is 0 Å². The average molecular weight is 282 g/mol. The zero-order valence-electron chi connectivity index (χ0n) is 10.5. The van der Waals surface area contributed by atoms with Gasteiger partial charge in [0, 0.05) is 29.2 Å². The zero-order chi connectivity index (χ0) is 13.8. The molecule has 0 radical (unpaired) electrons. The number of nitrogens with one attached hydrogen (secondary N) is 1. The molecule has 19 heavy (non-hydrogen) atoms. The summed E-state index contributed by atoms with van der Waals surface area (Å²) in [7, 11) is 0. The maximum Gasteiger partial charge on any atom is 0.130 e. The number of hydrogen-bond donors (Lipinski definition) is 1. The third kappa shape index (κ3) is 3.75. The van der Waals surface area contributed by atoms with E-state index in [0.29, 0.717) is 17.1 Å². The van der Waals surface area contributed by atoms with Gasteiger partial charge in [-0.05, 0) is 30.7 Å². The molecule has 0 spiro atoms. The molecular weight excluding hydrogens is 268 g/mol. The van der Waals surface area contributed by atoms with Crippen LogP contribution in [-0.4, -0.2) is 0 Å². The monoisotopic (exact) mass is 281 g/mol. The largest absolute Gasteiger partial charge is 0.306 e. The smallest absolute Gasteiger partial charge is 0.130 e. The molecule has 0 heterocycles. The van der Waals surface area contributed by atoms with Crippen molar-refractivity contribution in [1.82, 2.24) is 5.32 Å². The SMILES string of the molecule is C[C@H](NCc1ccc(F)cc1F)c1cccc(Cl)c1. The Hall–Kier alpha value is -1.45. The van der Waals surface area contributed by atoms with Crippen LogP contribution >= 0.6 is 11.6 Å². The van der Waals surface area contributed by atoms with Gasteiger partial charge in [-0.15, -0.1) is 0 Å². The van der Waals surface area contributed by atoms with Crippen LogP contribution in [0.3, 0.4) is 0 Å². The highest BCUT2D eigenvalue weighted by Crippen LogP contribution is 2.18. The van der Waals surface area contributed by atoms with Gasteiger partial charge in [0.1, 0.15) is 11.6 Å². The molecule has 0 saturated heterocycles. The van der Waals surface area contributed by atoms with Crippen LogP contribution in [0.4, 0.5) is 8.78 Å². The molecule has 1 atom stereocenters. The van der Waals surface area contributed by atoms with Gasteiger partial charge in [-0.3, -0.25) is 0 Å². The van der Waals surface area contributed by atoms with Crippen LogP contribution in [0.2, 0.25) is 5.02 Å². The summed E-state index contributed by atoms with van der Waals surface area (Å²) >= 11 is 5.92. The van der Waals surface area contributed by atoms with Gasteiger partial charge in [0.25, 0.3) is 0 Å². The molecular formula is C15H14ClF2N. The highest BCUT2D eigenvalue weighted by Gasteiger charge is 2.08. The summed E-state index contributed by atoms with van der Waals surface area (Å²) in [5.41, 5.74) is 1.46. The first-order valence-electron chi connectivity index (χ1n) is 5.99. The Labute approximate surface area is 116 Å². The van der Waals surface area contributed by atoms with Crippen molar-refractivity contribution in [3.8, 4) is 0 Å². The lowest BCUT2D eigenvalue weighted by Gasteiger charge is -2.15. The maximum atomic E-state index is 13.5. The van der Waals surface area contributed by atoms with E-state index in [4.69, 9.17) is 11.6 Å². The summed E-state index contributed by atoms with van der Waals surface area (Å²) in [5.74, 6) is -1.10. The lowest BCUT2D eigenvalue weighted by atomic mass is 10.1. The molecule has 100 valence electrons. The summed E-state index contributed by atoms with van der Waals surface area (Å²) < 4.78 is 26.2. The number of rotatable bonds is 4. The van der Waals surface area contributed by atoms with Gasteiger partial charge in [0.15, 0.2) is 0 Å². The van der Waals surface area contributed by atoms with E-state index >= 15 is 0 Å². The van der Waals surface area contributed by atoms with E-state index in [2.05, 4.69) is 5.32 Å². The molecule has 4 heteroatoms. The van der Waals surface area contributed by atoms with E-state index in [1.165, 1.54) is 12.1 Å². The van der Waals surface area contributed by atoms with E-state index in [-0.39, 0.29) is 6.04 Å². The van der Waals surface area contributed by atoms with E-state index in [1.54, 1.807) is 6.07 Å². The molecule has 2 aromatic carbocycles. The predicted octanol–water partition coefficient (Wildman–Crippen LogP) is 4.47. The minimum Gasteiger partial charge on any atom is -0.306 e. The molecule has 0 aliphatic rings. The van der Waals surface area contributed by atoms with Gasteiger partial charge in [0.05, 0.1) is 0 Å². The Kier molecular flexibility index (Phi) is 4.51. The Morgan fingerprint density at radius 3 is 2.63 bits per heavy atom. The van der Waals surface area contributed by atoms with Crippen LogP contribution in [0, 0.1) is 11.6 Å². The van der Waals surface area contributed by atoms with E-state index in [0.717, 1.165) is 11.6 Å². The maximum absolute atomic E-state index is 13.5. The molecule has 0 unspecified atom stereocenters. The van der Waals surface area contributed by atoms with Crippen molar-refractivity contribution < 1.29 is 8.78 Å². The highest BCUT2D eigenvalue weighted by atomic mass is 35.5. The average Bonchev–Trinajstić information content (AvgIpc) is 2.37. The second-order valence-corrected chi connectivity index (χ2v) is 4.83. The fourth-order valence-corrected chi connectivity index (χ4v) is 2.02. The number of benzene rings is 2. The molecule has 0 aromatic heterocycles. The minimum atomic E-state index is -0.566. The Balaban J connectivity index is 2.02. The fraction of sp³-hybridized carbons (Fsp3) is 0.200. The molecule has 0 saturated carbocycles. The Morgan fingerprint density at radius 2 is 1.95 bits per heavy atom. The van der Waals surface area contributed by atoms with Crippen molar-refractivity contribution in [3.63, 3.8) is 0 Å². The second kappa shape index (κ2) is 6.13. The number of halogens is 3. The zero-order valence-corrected chi connectivity index (χ0v) is 11.2. The minimum absolute atomic E-state index is 0.0307. The molecule has 0 aliphatic carbocycles. The molecule has 0 bridgehead atoms. The predicted molar refractivity (Wildman–Crippen MR) is 73.1 cm³/mol. The first kappa shape index (κ1) is 14.0. The Morgan fingerprint density at radius 1 is 1.16 bits per heavy atom. The molecule has 0 fully saturated rings. The summed E-state index contributed by atoms with van der Waals surface area (Å²) in [5, 5.41) is 3.85. The molecule has 1 nitrogen and oxygen atoms in total. The van der Waals surface area contributed by atoms with Gasteiger partial charge in [0.2, 0.25) is 0 Å². The standard InChI is InChI=1S/C15H14ClF2N/c1-10(11-3-2-4-13(16)7-11)19-9-12-5-6-14(17)8-15(12)18/h2-8,10,19H,9H2,1H3/t10-/m0/s1. The highest BCUT2D eigenvalue weighted by molar-refractivity contribution is 6.30. The first-order chi connectivity index (χ1) is 9.06. The van der Waals surface area contributed by atoms with Gasteiger partial charge < -0.3 is 5.32 Å². The van der Waals surface area contributed by atoms with Crippen molar-refractivity contribution in [3.05, 3.63) is 70.2 Å². The van der Waals surface area contributed by atoms with Crippen molar-refractivity contribution in [2.45, 2.75) is 19.5 Å². The molecule has 0 aliphatic heterocycles. The van der Waals surface area contributed by atoms with Gasteiger partial charge in [-0.2, -0.15) is 0 Å². The molecule has 0 amide bonds. The summed E-state index contributed by atoms with van der Waals surface area (Å²) in [6.07, 6.45) is 0. The van der Waals surface area contributed by atoms with E-state index < -0.39 is 11.6 Å². The van der Waals surface area contributed by atoms with Crippen LogP contribution < -0.4 is 5.32 Å². The van der Waals surface area contributed by atoms with Crippen LogP contribution in [-0.2, 0) is 6.54 Å². The Bertz CT molecular complexity index is 572. The van der Waals surface area contributed by atoms with Crippen molar-refractivity contribution >= 4 is 11.6 Å². The summed E-state index contributed by atoms with van der Waals surface area (Å²) in [6.45, 7) is 2.30. The topological polar surface area (TPSA) is 12.0 Å². The van der Waals surface area contributed by atoms with Gasteiger partial charge in [-0.1, -0.05) is 29.8 Å². The van der Waals surface area contributed by atoms with Crippen molar-refractivity contribution in [1.29, 1.82) is 0 Å². The van der Waals surface area contributed by atoms with Gasteiger partial charge >= 0.3 is 0 Å². The molecule has 2 rings (SSSR count). The number of hydrogen-bond acceptors (Lipinski definition) is 1. The molecule has 1 N–H and O–H groups in total. The van der Waals surface area contributed by atoms with Crippen LogP contribution in [0.5, 0.6) is 0 Å². The lowest BCUT2D eigenvalue weighted by molar-refractivity contribution is 0.533. The van der Waals surface area contributed by atoms with E-state index in [1.807, 2.05) is 25.1 Å². The van der Waals surface area contributed by atoms with Crippen LogP contribution in [0.1, 0.15) is 24.1 Å².